The first kappa shape index (κ1) is 20.4. The van der Waals surface area contributed by atoms with Crippen molar-refractivity contribution in [1.29, 1.82) is 0 Å². The van der Waals surface area contributed by atoms with E-state index >= 15 is 0 Å². The van der Waals surface area contributed by atoms with Crippen molar-refractivity contribution in [2.75, 3.05) is 13.2 Å². The minimum Gasteiger partial charge on any atom is -0.462 e. The van der Waals surface area contributed by atoms with E-state index < -0.39 is 53.3 Å². The quantitative estimate of drug-likeness (QED) is 0.385. The number of carbonyl (C=O) groups is 4. The van der Waals surface area contributed by atoms with E-state index in [0.717, 1.165) is 0 Å². The predicted molar refractivity (Wildman–Crippen MR) is 107 cm³/mol. The largest absolute Gasteiger partial charge is 0.462 e. The number of ether oxygens (including phenoxy) is 4. The average molecular weight is 436 g/mol. The van der Waals surface area contributed by atoms with Gasteiger partial charge < -0.3 is 18.9 Å². The van der Waals surface area contributed by atoms with Gasteiger partial charge in [0.25, 0.3) is 0 Å². The number of hydrogen-bond donors (Lipinski definition) is 0. The van der Waals surface area contributed by atoms with Crippen LogP contribution in [-0.2, 0) is 28.5 Å². The first-order valence-electron chi connectivity index (χ1n) is 10.4. The summed E-state index contributed by atoms with van der Waals surface area (Å²) in [7, 11) is 0. The Bertz CT molecular complexity index is 1070. The topological polar surface area (TPSA) is 105 Å². The molecule has 5 rings (SSSR count). The maximum absolute atomic E-state index is 12.5. The molecule has 2 aromatic carbocycles. The molecule has 0 aliphatic carbocycles. The summed E-state index contributed by atoms with van der Waals surface area (Å²) in [5.41, 5.74) is -0.542. The van der Waals surface area contributed by atoms with Crippen LogP contribution in [0.15, 0.2) is 60.7 Å². The number of fused-ring (bicyclic) bond motifs is 5. The monoisotopic (exact) mass is 436 g/mol. The van der Waals surface area contributed by atoms with Crippen molar-refractivity contribution in [2.45, 2.75) is 18.1 Å². The molecular formula is C24H20O8. The van der Waals surface area contributed by atoms with Crippen molar-refractivity contribution >= 4 is 23.9 Å². The summed E-state index contributed by atoms with van der Waals surface area (Å²) in [6.07, 6.45) is -0.177. The van der Waals surface area contributed by atoms with E-state index in [0.29, 0.717) is 17.5 Å². The summed E-state index contributed by atoms with van der Waals surface area (Å²) < 4.78 is 22.0. The SMILES string of the molecule is O=C(OC[C@@H]1C[C@H]2O[C@]1(COC(=O)c1ccccc1)[C@@H]1C(=O)OC(=O)[C@@H]12)c1ccccc1. The second-order valence-electron chi connectivity index (χ2n) is 8.19. The third kappa shape index (κ3) is 3.27. The number of cyclic esters (lactones) is 2. The van der Waals surface area contributed by atoms with Crippen LogP contribution in [0.3, 0.4) is 0 Å². The third-order valence-corrected chi connectivity index (χ3v) is 6.46. The number of rotatable bonds is 6. The van der Waals surface area contributed by atoms with Gasteiger partial charge in [-0.05, 0) is 30.7 Å². The van der Waals surface area contributed by atoms with Gasteiger partial charge in [-0.1, -0.05) is 36.4 Å². The fourth-order valence-electron chi connectivity index (χ4n) is 4.96. The molecule has 8 nitrogen and oxygen atoms in total. The van der Waals surface area contributed by atoms with Gasteiger partial charge in [0.1, 0.15) is 18.1 Å². The first-order chi connectivity index (χ1) is 15.5. The highest BCUT2D eigenvalue weighted by Gasteiger charge is 2.73. The zero-order valence-corrected chi connectivity index (χ0v) is 17.0. The van der Waals surface area contributed by atoms with Gasteiger partial charge in [0.2, 0.25) is 0 Å². The molecule has 0 unspecified atom stereocenters. The van der Waals surface area contributed by atoms with Crippen molar-refractivity contribution in [1.82, 2.24) is 0 Å². The molecule has 0 saturated carbocycles. The summed E-state index contributed by atoms with van der Waals surface area (Å²) in [6, 6.07) is 16.9. The van der Waals surface area contributed by atoms with Crippen molar-refractivity contribution in [3.05, 3.63) is 71.8 Å². The van der Waals surface area contributed by atoms with E-state index in [1.54, 1.807) is 60.7 Å². The van der Waals surface area contributed by atoms with Crippen LogP contribution < -0.4 is 0 Å². The van der Waals surface area contributed by atoms with Crippen molar-refractivity contribution < 1.29 is 38.1 Å². The van der Waals surface area contributed by atoms with Gasteiger partial charge in [0.15, 0.2) is 0 Å². The maximum Gasteiger partial charge on any atom is 0.338 e. The standard InChI is InChI=1S/C24H20O8/c25-20(14-7-3-1-4-8-14)29-12-16-11-17-18-19(23(28)31-22(18)27)24(16,32-17)13-30-21(26)15-9-5-2-6-10-15/h1-10,16-19H,11-13H2/t16-,17+,18+,19-,24-/m0/s1. The molecule has 0 aromatic heterocycles. The summed E-state index contributed by atoms with van der Waals surface area (Å²) in [5, 5.41) is 0. The van der Waals surface area contributed by atoms with E-state index in [9.17, 15) is 19.2 Å². The fraction of sp³-hybridized carbons (Fsp3) is 0.333. The molecule has 3 aliphatic heterocycles. The van der Waals surface area contributed by atoms with Gasteiger partial charge in [0.05, 0.1) is 29.8 Å². The van der Waals surface area contributed by atoms with E-state index in [1.807, 2.05) is 0 Å². The van der Waals surface area contributed by atoms with Crippen LogP contribution >= 0.6 is 0 Å². The lowest BCUT2D eigenvalue weighted by Crippen LogP contribution is -2.51. The number of carbonyl (C=O) groups excluding carboxylic acids is 4. The maximum atomic E-state index is 12.5. The van der Waals surface area contributed by atoms with E-state index in [-0.39, 0.29) is 13.2 Å². The molecule has 3 fully saturated rings. The normalized spacial score (nSPS) is 30.0. The second-order valence-corrected chi connectivity index (χ2v) is 8.19. The molecule has 164 valence electrons. The lowest BCUT2D eigenvalue weighted by atomic mass is 9.67. The molecule has 32 heavy (non-hydrogen) atoms. The van der Waals surface area contributed by atoms with Crippen molar-refractivity contribution in [3.63, 3.8) is 0 Å². The number of hydrogen-bond acceptors (Lipinski definition) is 8. The third-order valence-electron chi connectivity index (χ3n) is 6.46. The van der Waals surface area contributed by atoms with E-state index in [2.05, 4.69) is 0 Å². The van der Waals surface area contributed by atoms with Crippen LogP contribution in [-0.4, -0.2) is 48.8 Å². The van der Waals surface area contributed by atoms with Crippen LogP contribution in [0.4, 0.5) is 0 Å². The van der Waals surface area contributed by atoms with Gasteiger partial charge in [-0.25, -0.2) is 9.59 Å². The summed E-state index contributed by atoms with van der Waals surface area (Å²) in [6.45, 7) is -0.299. The Morgan fingerprint density at radius 2 is 1.47 bits per heavy atom. The van der Waals surface area contributed by atoms with Gasteiger partial charge in [-0.15, -0.1) is 0 Å². The Labute approximate surface area is 183 Å². The Morgan fingerprint density at radius 3 is 2.09 bits per heavy atom. The van der Waals surface area contributed by atoms with Crippen LogP contribution in [0, 0.1) is 17.8 Å². The smallest absolute Gasteiger partial charge is 0.338 e. The molecule has 0 N–H and O–H groups in total. The fourth-order valence-corrected chi connectivity index (χ4v) is 4.96. The lowest BCUT2D eigenvalue weighted by molar-refractivity contribution is -0.162. The number of benzene rings is 2. The molecule has 8 heteroatoms. The highest BCUT2D eigenvalue weighted by molar-refractivity contribution is 5.98. The summed E-state index contributed by atoms with van der Waals surface area (Å²) in [5.74, 6) is -4.49. The Morgan fingerprint density at radius 1 is 0.875 bits per heavy atom. The average Bonchev–Trinajstić information content (AvgIpc) is 3.45. The zero-order valence-electron chi connectivity index (χ0n) is 17.0. The van der Waals surface area contributed by atoms with Gasteiger partial charge in [0, 0.05) is 5.92 Å². The number of esters is 4. The van der Waals surface area contributed by atoms with Gasteiger partial charge in [-0.3, -0.25) is 9.59 Å². The van der Waals surface area contributed by atoms with Crippen molar-refractivity contribution in [2.24, 2.45) is 17.8 Å². The molecule has 3 saturated heterocycles. The minimum absolute atomic E-state index is 0.0438. The highest BCUT2D eigenvalue weighted by atomic mass is 16.6. The van der Waals surface area contributed by atoms with Crippen molar-refractivity contribution in [3.8, 4) is 0 Å². The first-order valence-corrected chi connectivity index (χ1v) is 10.4. The predicted octanol–water partition coefficient (Wildman–Crippen LogP) is 2.17. The molecule has 2 aromatic rings. The molecule has 0 spiro atoms. The molecule has 3 heterocycles. The lowest BCUT2D eigenvalue weighted by Gasteiger charge is -2.35. The van der Waals surface area contributed by atoms with Gasteiger partial charge >= 0.3 is 23.9 Å². The zero-order chi connectivity index (χ0) is 22.3. The Hall–Kier alpha value is -3.52. The van der Waals surface area contributed by atoms with Gasteiger partial charge in [-0.2, -0.15) is 0 Å². The van der Waals surface area contributed by atoms with Crippen LogP contribution in [0.2, 0.25) is 0 Å². The minimum atomic E-state index is -1.29. The molecule has 5 atom stereocenters. The van der Waals surface area contributed by atoms with Crippen LogP contribution in [0.1, 0.15) is 27.1 Å². The Balaban J connectivity index is 1.36. The molecule has 0 radical (unpaired) electrons. The van der Waals surface area contributed by atoms with Crippen LogP contribution in [0.25, 0.3) is 0 Å². The Kier molecular flexibility index (Phi) is 5.01. The van der Waals surface area contributed by atoms with Crippen LogP contribution in [0.5, 0.6) is 0 Å². The summed E-state index contributed by atoms with van der Waals surface area (Å²) >= 11 is 0. The summed E-state index contributed by atoms with van der Waals surface area (Å²) in [4.78, 5) is 49.6. The van der Waals surface area contributed by atoms with E-state index in [1.165, 1.54) is 0 Å². The van der Waals surface area contributed by atoms with E-state index in [4.69, 9.17) is 18.9 Å². The molecule has 0 amide bonds. The molecular weight excluding hydrogens is 416 g/mol. The second kappa shape index (κ2) is 7.87. The molecule has 2 bridgehead atoms. The molecule has 3 aliphatic rings. The highest BCUT2D eigenvalue weighted by Crippen LogP contribution is 2.57.